The third-order valence-corrected chi connectivity index (χ3v) is 4.08. The highest BCUT2D eigenvalue weighted by Crippen LogP contribution is 2.13. The minimum atomic E-state index is -1.72. The average molecular weight is 276 g/mol. The summed E-state index contributed by atoms with van der Waals surface area (Å²) < 4.78 is 11.0. The van der Waals surface area contributed by atoms with E-state index >= 15 is 0 Å². The minimum absolute atomic E-state index is 0.294. The van der Waals surface area contributed by atoms with Crippen molar-refractivity contribution in [2.45, 2.75) is 45.3 Å². The number of aliphatic hydroxyl groups is 1. The monoisotopic (exact) mass is 276 g/mol. The van der Waals surface area contributed by atoms with Gasteiger partial charge in [-0.1, -0.05) is 12.1 Å². The molecule has 0 rings (SSSR count). The zero-order chi connectivity index (χ0) is 13.3. The molecule has 0 amide bonds. The molecule has 0 saturated heterocycles. The molecule has 100 valence electrons. The number of rotatable bonds is 8. The highest BCUT2D eigenvalue weighted by atomic mass is 28.4. The third-order valence-electron chi connectivity index (χ3n) is 1.88. The van der Waals surface area contributed by atoms with E-state index in [9.17, 15) is 4.79 Å². The Morgan fingerprint density at radius 2 is 2.12 bits per heavy atom. The lowest BCUT2D eigenvalue weighted by Gasteiger charge is -2.25. The van der Waals surface area contributed by atoms with Gasteiger partial charge in [-0.2, -0.15) is 0 Å². The van der Waals surface area contributed by atoms with Crippen molar-refractivity contribution in [3.63, 3.8) is 0 Å². The van der Waals surface area contributed by atoms with Gasteiger partial charge in [-0.15, -0.1) is 0 Å². The third kappa shape index (κ3) is 10.4. The molecule has 0 aliphatic heterocycles. The Morgan fingerprint density at radius 3 is 2.59 bits per heavy atom. The van der Waals surface area contributed by atoms with E-state index in [1.807, 2.05) is 0 Å². The van der Waals surface area contributed by atoms with Crippen LogP contribution < -0.4 is 0 Å². The first-order valence-electron chi connectivity index (χ1n) is 6.01. The van der Waals surface area contributed by atoms with E-state index in [4.69, 9.17) is 14.3 Å². The normalized spacial score (nSPS) is 14.6. The Labute approximate surface area is 107 Å². The predicted molar refractivity (Wildman–Crippen MR) is 74.2 cm³/mol. The molecule has 0 heterocycles. The molecule has 0 aromatic heterocycles. The topological polar surface area (TPSA) is 55.8 Å². The fourth-order valence-corrected chi connectivity index (χ4v) is 3.06. The molecule has 17 heavy (non-hydrogen) atoms. The lowest BCUT2D eigenvalue weighted by Crippen LogP contribution is -2.34. The van der Waals surface area contributed by atoms with Crippen LogP contribution in [0.15, 0.2) is 12.2 Å². The van der Waals surface area contributed by atoms with Crippen molar-refractivity contribution < 1.29 is 19.1 Å². The molecule has 1 N–H and O–H groups in total. The number of hydrogen-bond acceptors (Lipinski definition) is 4. The van der Waals surface area contributed by atoms with Crippen LogP contribution in [0.5, 0.6) is 0 Å². The largest absolute Gasteiger partial charge is 0.434 e. The predicted octanol–water partition coefficient (Wildman–Crippen LogP) is 1.21. The summed E-state index contributed by atoms with van der Waals surface area (Å²) in [5.41, 5.74) is 0. The van der Waals surface area contributed by atoms with Gasteiger partial charge in [0, 0.05) is 18.7 Å². The number of aliphatic hydroxyl groups excluding tert-OH is 1. The van der Waals surface area contributed by atoms with Crippen LogP contribution in [0.25, 0.3) is 0 Å². The smallest absolute Gasteiger partial charge is 0.332 e. The second kappa shape index (κ2) is 8.62. The van der Waals surface area contributed by atoms with Gasteiger partial charge < -0.3 is 14.3 Å². The molecule has 0 spiro atoms. The highest BCUT2D eigenvalue weighted by molar-refractivity contribution is 6.69. The van der Waals surface area contributed by atoms with Gasteiger partial charge in [-0.05, 0) is 26.6 Å². The molecule has 0 aromatic carbocycles. The van der Waals surface area contributed by atoms with Crippen LogP contribution in [0.2, 0.25) is 25.7 Å². The Morgan fingerprint density at radius 1 is 1.47 bits per heavy atom. The molecule has 0 aliphatic rings. The van der Waals surface area contributed by atoms with Crippen LogP contribution in [0.4, 0.5) is 0 Å². The van der Waals surface area contributed by atoms with Gasteiger partial charge >= 0.3 is 5.97 Å². The number of esters is 1. The first-order chi connectivity index (χ1) is 7.89. The molecule has 0 aliphatic carbocycles. The van der Waals surface area contributed by atoms with Gasteiger partial charge in [-0.3, -0.25) is 0 Å². The molecule has 4 nitrogen and oxygen atoms in total. The van der Waals surface area contributed by atoms with Crippen molar-refractivity contribution in [1.29, 1.82) is 0 Å². The molecular weight excluding hydrogens is 252 g/mol. The van der Waals surface area contributed by atoms with E-state index in [2.05, 4.69) is 19.6 Å². The molecule has 1 unspecified atom stereocenters. The number of carbonyl (C=O) groups is 1. The van der Waals surface area contributed by atoms with E-state index < -0.39 is 24.1 Å². The first-order valence-corrected chi connectivity index (χ1v) is 11.4. The SMILES string of the molecule is CC=CC(=O)OC(CC[SiH2]CO)O[Si](C)(C)C. The van der Waals surface area contributed by atoms with Crippen LogP contribution in [-0.4, -0.2) is 41.4 Å². The van der Waals surface area contributed by atoms with Gasteiger partial charge in [0.15, 0.2) is 14.6 Å². The Balaban J connectivity index is 4.24. The van der Waals surface area contributed by atoms with Gasteiger partial charge in [0.2, 0.25) is 0 Å². The van der Waals surface area contributed by atoms with E-state index in [0.717, 1.165) is 6.04 Å². The van der Waals surface area contributed by atoms with E-state index in [-0.39, 0.29) is 5.97 Å². The lowest BCUT2D eigenvalue weighted by atomic mass is 10.4. The zero-order valence-corrected chi connectivity index (χ0v) is 13.6. The van der Waals surface area contributed by atoms with Crippen molar-refractivity contribution in [3.05, 3.63) is 12.2 Å². The summed E-state index contributed by atoms with van der Waals surface area (Å²) in [6.45, 7) is 7.96. The molecular formula is C11H24O4Si2. The fourth-order valence-electron chi connectivity index (χ4n) is 1.26. The van der Waals surface area contributed by atoms with Crippen LogP contribution in [0.3, 0.4) is 0 Å². The van der Waals surface area contributed by atoms with Crippen molar-refractivity contribution >= 4 is 23.8 Å². The molecule has 0 aromatic rings. The van der Waals surface area contributed by atoms with Crippen LogP contribution in [-0.2, 0) is 14.0 Å². The minimum Gasteiger partial charge on any atom is -0.434 e. The second-order valence-electron chi connectivity index (χ2n) is 4.82. The zero-order valence-electron chi connectivity index (χ0n) is 11.2. The first kappa shape index (κ1) is 16.6. The van der Waals surface area contributed by atoms with Crippen LogP contribution in [0.1, 0.15) is 13.3 Å². The standard InChI is InChI=1S/C11H24O4Si2/c1-5-6-10(13)14-11(7-8-16-9-12)15-17(2,3)4/h5-6,11-12H,7-9,16H2,1-4H3. The molecule has 0 saturated carbocycles. The summed E-state index contributed by atoms with van der Waals surface area (Å²) in [7, 11) is -2.16. The summed E-state index contributed by atoms with van der Waals surface area (Å²) in [6.07, 6.45) is 3.58. The number of hydrogen-bond donors (Lipinski definition) is 1. The van der Waals surface area contributed by atoms with Crippen LogP contribution >= 0.6 is 0 Å². The second-order valence-corrected chi connectivity index (χ2v) is 11.1. The average Bonchev–Trinajstić information content (AvgIpc) is 2.15. The van der Waals surface area contributed by atoms with E-state index in [1.54, 1.807) is 13.0 Å². The number of ether oxygens (including phenoxy) is 1. The molecule has 0 bridgehead atoms. The van der Waals surface area contributed by atoms with Gasteiger partial charge in [0.25, 0.3) is 0 Å². The summed E-state index contributed by atoms with van der Waals surface area (Å²) in [6, 6.07) is 0.925. The number of carbonyl (C=O) groups excluding carboxylic acids is 1. The number of allylic oxidation sites excluding steroid dienone is 1. The van der Waals surface area contributed by atoms with E-state index in [1.165, 1.54) is 6.08 Å². The maximum atomic E-state index is 11.4. The Bertz CT molecular complexity index is 248. The molecule has 1 atom stereocenters. The highest BCUT2D eigenvalue weighted by Gasteiger charge is 2.23. The van der Waals surface area contributed by atoms with Crippen molar-refractivity contribution in [3.8, 4) is 0 Å². The van der Waals surface area contributed by atoms with Crippen molar-refractivity contribution in [2.75, 3.05) is 6.23 Å². The maximum absolute atomic E-state index is 11.4. The van der Waals surface area contributed by atoms with Gasteiger partial charge in [0.05, 0.1) is 9.52 Å². The Hall–Kier alpha value is -0.436. The maximum Gasteiger partial charge on any atom is 0.332 e. The summed E-state index contributed by atoms with van der Waals surface area (Å²) in [5.74, 6) is -0.360. The van der Waals surface area contributed by atoms with Crippen molar-refractivity contribution in [1.82, 2.24) is 0 Å². The summed E-state index contributed by atoms with van der Waals surface area (Å²) in [4.78, 5) is 11.4. The van der Waals surface area contributed by atoms with Crippen LogP contribution in [0, 0.1) is 0 Å². The quantitative estimate of drug-likeness (QED) is 0.238. The molecule has 0 fully saturated rings. The lowest BCUT2D eigenvalue weighted by molar-refractivity contribution is -0.158. The van der Waals surface area contributed by atoms with Gasteiger partial charge in [0.1, 0.15) is 0 Å². The molecule has 6 heteroatoms. The fraction of sp³-hybridized carbons (Fsp3) is 0.727. The van der Waals surface area contributed by atoms with E-state index in [0.29, 0.717) is 12.7 Å². The molecule has 0 radical (unpaired) electrons. The summed E-state index contributed by atoms with van der Waals surface area (Å²) in [5, 5.41) is 8.79. The summed E-state index contributed by atoms with van der Waals surface area (Å²) >= 11 is 0. The van der Waals surface area contributed by atoms with Crippen molar-refractivity contribution in [2.24, 2.45) is 0 Å². The van der Waals surface area contributed by atoms with Gasteiger partial charge in [-0.25, -0.2) is 4.79 Å². The Kier molecular flexibility index (Phi) is 8.40.